The Hall–Kier alpha value is -2.41. The van der Waals surface area contributed by atoms with E-state index in [9.17, 15) is 19.5 Å². The smallest absolute Gasteiger partial charge is 0.334 e. The van der Waals surface area contributed by atoms with E-state index < -0.39 is 42.1 Å². The fourth-order valence-corrected chi connectivity index (χ4v) is 3.39. The van der Waals surface area contributed by atoms with Gasteiger partial charge in [-0.05, 0) is 37.8 Å². The van der Waals surface area contributed by atoms with Crippen LogP contribution >= 0.6 is 0 Å². The summed E-state index contributed by atoms with van der Waals surface area (Å²) in [4.78, 5) is 36.0. The Balaban J connectivity index is 2.47. The van der Waals surface area contributed by atoms with Crippen LogP contribution in [0, 0.1) is 11.8 Å². The predicted octanol–water partition coefficient (Wildman–Crippen LogP) is 2.63. The number of carbonyl (C=O) groups is 3. The zero-order valence-corrected chi connectivity index (χ0v) is 17.5. The van der Waals surface area contributed by atoms with Crippen molar-refractivity contribution in [2.45, 2.75) is 65.3 Å². The number of hydrogen-bond donors (Lipinski definition) is 1. The lowest BCUT2D eigenvalue weighted by Gasteiger charge is -2.32. The van der Waals surface area contributed by atoms with Crippen molar-refractivity contribution in [3.8, 4) is 0 Å². The molecule has 0 amide bonds. The van der Waals surface area contributed by atoms with E-state index in [-0.39, 0.29) is 18.1 Å². The Morgan fingerprint density at radius 2 is 2.10 bits per heavy atom. The highest BCUT2D eigenvalue weighted by Crippen LogP contribution is 2.37. The van der Waals surface area contributed by atoms with Crippen molar-refractivity contribution in [3.05, 3.63) is 35.5 Å². The highest BCUT2D eigenvalue weighted by Gasteiger charge is 2.48. The fourth-order valence-electron chi connectivity index (χ4n) is 3.39. The van der Waals surface area contributed by atoms with E-state index in [1.807, 2.05) is 19.9 Å². The lowest BCUT2D eigenvalue weighted by Crippen LogP contribution is -2.44. The van der Waals surface area contributed by atoms with Gasteiger partial charge in [-0.25, -0.2) is 4.79 Å². The number of hydrogen-bond acceptors (Lipinski definition) is 7. The molecule has 1 saturated heterocycles. The molecule has 1 aliphatic heterocycles. The molecular formula is C22H30O7. The van der Waals surface area contributed by atoms with Crippen molar-refractivity contribution in [1.29, 1.82) is 0 Å². The standard InChI is InChI=1S/C22H30O7/c1-6-13(3)21(25)29-20-18-14(4)22(26)28-17(18)10-12(2)8-7-9-16(19(20)24)11-27-15(5)23/h9-10,13,17-20,24H,4,6-8,11H2,1-3,5H3. The van der Waals surface area contributed by atoms with E-state index in [0.717, 1.165) is 5.57 Å². The molecule has 0 saturated carbocycles. The number of carbonyl (C=O) groups excluding carboxylic acids is 3. The summed E-state index contributed by atoms with van der Waals surface area (Å²) in [6, 6.07) is 0. The molecule has 0 spiro atoms. The predicted molar refractivity (Wildman–Crippen MR) is 106 cm³/mol. The van der Waals surface area contributed by atoms with E-state index >= 15 is 0 Å². The van der Waals surface area contributed by atoms with Gasteiger partial charge in [-0.15, -0.1) is 0 Å². The summed E-state index contributed by atoms with van der Waals surface area (Å²) in [5.74, 6) is -2.65. The zero-order valence-electron chi connectivity index (χ0n) is 17.5. The van der Waals surface area contributed by atoms with Gasteiger partial charge in [0.05, 0.1) is 11.8 Å². The van der Waals surface area contributed by atoms with Gasteiger partial charge in [0.25, 0.3) is 0 Å². The maximum Gasteiger partial charge on any atom is 0.334 e. The monoisotopic (exact) mass is 406 g/mol. The van der Waals surface area contributed by atoms with E-state index in [4.69, 9.17) is 14.2 Å². The molecule has 5 unspecified atom stereocenters. The third-order valence-corrected chi connectivity index (χ3v) is 5.41. The lowest BCUT2D eigenvalue weighted by atomic mass is 9.83. The van der Waals surface area contributed by atoms with Crippen molar-refractivity contribution >= 4 is 17.9 Å². The fraction of sp³-hybridized carbons (Fsp3) is 0.591. The summed E-state index contributed by atoms with van der Waals surface area (Å²) in [7, 11) is 0. The molecule has 5 atom stereocenters. The molecule has 29 heavy (non-hydrogen) atoms. The first-order valence-corrected chi connectivity index (χ1v) is 9.93. The van der Waals surface area contributed by atoms with E-state index in [1.54, 1.807) is 13.0 Å². The van der Waals surface area contributed by atoms with Gasteiger partial charge < -0.3 is 19.3 Å². The van der Waals surface area contributed by atoms with Crippen LogP contribution in [0.25, 0.3) is 0 Å². The van der Waals surface area contributed by atoms with Gasteiger partial charge in [0.1, 0.15) is 24.9 Å². The van der Waals surface area contributed by atoms with Crippen LogP contribution in [0.5, 0.6) is 0 Å². The zero-order chi connectivity index (χ0) is 21.7. The van der Waals surface area contributed by atoms with Crippen molar-refractivity contribution < 1.29 is 33.7 Å². The molecule has 0 aromatic rings. The molecule has 2 rings (SSSR count). The number of allylic oxidation sites excluding steroid dienone is 2. The molecule has 0 aromatic heterocycles. The molecule has 2 aliphatic rings. The summed E-state index contributed by atoms with van der Waals surface area (Å²) < 4.78 is 16.2. The minimum atomic E-state index is -1.27. The van der Waals surface area contributed by atoms with Gasteiger partial charge in [-0.1, -0.05) is 32.1 Å². The Kier molecular flexibility index (Phi) is 7.79. The molecule has 1 fully saturated rings. The van der Waals surface area contributed by atoms with Gasteiger partial charge >= 0.3 is 17.9 Å². The van der Waals surface area contributed by atoms with E-state index in [1.165, 1.54) is 6.92 Å². The number of esters is 3. The molecule has 0 aromatic carbocycles. The second kappa shape index (κ2) is 9.87. The van der Waals surface area contributed by atoms with E-state index in [0.29, 0.717) is 24.8 Å². The minimum Gasteiger partial charge on any atom is -0.461 e. The van der Waals surface area contributed by atoms with Gasteiger partial charge in [0.2, 0.25) is 0 Å². The number of rotatable bonds is 5. The second-order valence-corrected chi connectivity index (χ2v) is 7.69. The summed E-state index contributed by atoms with van der Waals surface area (Å²) in [6.45, 7) is 10.5. The molecule has 1 aliphatic carbocycles. The van der Waals surface area contributed by atoms with Crippen LogP contribution in [0.1, 0.15) is 47.0 Å². The van der Waals surface area contributed by atoms with Crippen LogP contribution in [-0.4, -0.2) is 47.9 Å². The topological polar surface area (TPSA) is 99.1 Å². The molecular weight excluding hydrogens is 376 g/mol. The van der Waals surface area contributed by atoms with Crippen LogP contribution in [0.3, 0.4) is 0 Å². The minimum absolute atomic E-state index is 0.130. The second-order valence-electron chi connectivity index (χ2n) is 7.69. The summed E-state index contributed by atoms with van der Waals surface area (Å²) >= 11 is 0. The number of aliphatic hydroxyl groups is 1. The Morgan fingerprint density at radius 1 is 1.41 bits per heavy atom. The van der Waals surface area contributed by atoms with Gasteiger partial charge in [-0.2, -0.15) is 0 Å². The number of ether oxygens (including phenoxy) is 3. The Bertz CT molecular complexity index is 733. The third kappa shape index (κ3) is 5.56. The number of fused-ring (bicyclic) bond motifs is 1. The first-order chi connectivity index (χ1) is 13.6. The van der Waals surface area contributed by atoms with Crippen LogP contribution in [0.15, 0.2) is 35.5 Å². The van der Waals surface area contributed by atoms with Gasteiger partial charge in [-0.3, -0.25) is 9.59 Å². The van der Waals surface area contributed by atoms with Crippen LogP contribution < -0.4 is 0 Å². The quantitative estimate of drug-likeness (QED) is 0.324. The van der Waals surface area contributed by atoms with Crippen LogP contribution in [0.2, 0.25) is 0 Å². The molecule has 1 N–H and O–H groups in total. The van der Waals surface area contributed by atoms with Crippen LogP contribution in [-0.2, 0) is 28.6 Å². The van der Waals surface area contributed by atoms with Gasteiger partial charge in [0.15, 0.2) is 0 Å². The SMILES string of the molecule is C=C1C(=O)OC2C=C(C)CCC=C(COC(C)=O)C(O)C(OC(=O)C(C)CC)C12. The van der Waals surface area contributed by atoms with Crippen molar-refractivity contribution in [2.75, 3.05) is 6.61 Å². The Labute approximate surface area is 171 Å². The lowest BCUT2D eigenvalue weighted by molar-refractivity contribution is -0.163. The largest absolute Gasteiger partial charge is 0.461 e. The normalized spacial score (nSPS) is 28.4. The summed E-state index contributed by atoms with van der Waals surface area (Å²) in [5, 5.41) is 11.1. The summed E-state index contributed by atoms with van der Waals surface area (Å²) in [5.41, 5.74) is 1.56. The third-order valence-electron chi connectivity index (χ3n) is 5.41. The first kappa shape index (κ1) is 22.9. The first-order valence-electron chi connectivity index (χ1n) is 9.93. The highest BCUT2D eigenvalue weighted by atomic mass is 16.6. The maximum atomic E-state index is 12.5. The van der Waals surface area contributed by atoms with E-state index in [2.05, 4.69) is 6.58 Å². The number of aliphatic hydroxyl groups excluding tert-OH is 1. The molecule has 160 valence electrons. The van der Waals surface area contributed by atoms with Crippen molar-refractivity contribution in [2.24, 2.45) is 11.8 Å². The highest BCUT2D eigenvalue weighted by molar-refractivity contribution is 5.91. The van der Waals surface area contributed by atoms with Gasteiger partial charge in [0, 0.05) is 12.5 Å². The average molecular weight is 406 g/mol. The van der Waals surface area contributed by atoms with Crippen molar-refractivity contribution in [3.63, 3.8) is 0 Å². The summed E-state index contributed by atoms with van der Waals surface area (Å²) in [6.07, 6.45) is 2.40. The Morgan fingerprint density at radius 3 is 2.72 bits per heavy atom. The molecule has 0 radical (unpaired) electrons. The van der Waals surface area contributed by atoms with Crippen molar-refractivity contribution in [1.82, 2.24) is 0 Å². The molecule has 7 heteroatoms. The maximum absolute atomic E-state index is 12.5. The molecule has 0 bridgehead atoms. The average Bonchev–Trinajstić information content (AvgIpc) is 2.93. The molecule has 7 nitrogen and oxygen atoms in total. The molecule has 1 heterocycles. The van der Waals surface area contributed by atoms with Crippen LogP contribution in [0.4, 0.5) is 0 Å².